The third kappa shape index (κ3) is 8.16. The summed E-state index contributed by atoms with van der Waals surface area (Å²) in [7, 11) is -4.80. The maximum Gasteiger partial charge on any atom is 0.469 e. The zero-order chi connectivity index (χ0) is 28.1. The molecule has 1 heterocycles. The van der Waals surface area contributed by atoms with E-state index in [2.05, 4.69) is 14.7 Å². The van der Waals surface area contributed by atoms with Gasteiger partial charge in [-0.3, -0.25) is 4.52 Å². The fourth-order valence-electron chi connectivity index (χ4n) is 3.02. The van der Waals surface area contributed by atoms with E-state index in [1.807, 2.05) is 0 Å². The van der Waals surface area contributed by atoms with Crippen LogP contribution in [0.3, 0.4) is 0 Å². The molecule has 16 heteroatoms. The van der Waals surface area contributed by atoms with Gasteiger partial charge in [0.15, 0.2) is 11.6 Å². The molecule has 0 aliphatic heterocycles. The van der Waals surface area contributed by atoms with Gasteiger partial charge in [0.2, 0.25) is 5.82 Å². The molecule has 1 atom stereocenters. The maximum absolute atomic E-state index is 13.7. The summed E-state index contributed by atoms with van der Waals surface area (Å²) < 4.78 is 93.8. The van der Waals surface area contributed by atoms with Crippen molar-refractivity contribution in [1.29, 1.82) is 0 Å². The first-order chi connectivity index (χ1) is 17.7. The number of aromatic nitrogens is 2. The Bertz CT molecular complexity index is 1300. The zero-order valence-electron chi connectivity index (χ0n) is 19.7. The molecule has 0 spiro atoms. The number of hydrogen-bond donors (Lipinski definition) is 3. The Morgan fingerprint density at radius 1 is 1.03 bits per heavy atom. The SMILES string of the molecule is C[C@](N)(COP(=O)(O)O)c1nnc(-c2ccc(OCCCCOc3cccc(F)c3F)c(C(F)(F)F)c2)s1. The molecule has 0 aliphatic rings. The summed E-state index contributed by atoms with van der Waals surface area (Å²) in [6, 6.07) is 6.83. The van der Waals surface area contributed by atoms with Gasteiger partial charge in [0.05, 0.1) is 30.9 Å². The number of benzene rings is 2. The Labute approximate surface area is 217 Å². The predicted octanol–water partition coefficient (Wildman–Crippen LogP) is 5.02. The Hall–Kier alpha value is -2.68. The van der Waals surface area contributed by atoms with Crippen LogP contribution in [0.2, 0.25) is 0 Å². The molecule has 1 aromatic heterocycles. The molecule has 0 saturated carbocycles. The number of halogens is 5. The third-order valence-corrected chi connectivity index (χ3v) is 6.67. The monoisotopic (exact) mass is 583 g/mol. The second kappa shape index (κ2) is 12.0. The Kier molecular flexibility index (Phi) is 9.44. The van der Waals surface area contributed by atoms with Crippen molar-refractivity contribution in [3.63, 3.8) is 0 Å². The topological polar surface area (TPSA) is 137 Å². The lowest BCUT2D eigenvalue weighted by Gasteiger charge is -2.21. The highest BCUT2D eigenvalue weighted by molar-refractivity contribution is 7.46. The van der Waals surface area contributed by atoms with Crippen molar-refractivity contribution in [2.45, 2.75) is 31.5 Å². The van der Waals surface area contributed by atoms with Gasteiger partial charge in [-0.25, -0.2) is 8.96 Å². The van der Waals surface area contributed by atoms with Gasteiger partial charge < -0.3 is 25.0 Å². The highest BCUT2D eigenvalue weighted by atomic mass is 32.1. The lowest BCUT2D eigenvalue weighted by molar-refractivity contribution is -0.138. The summed E-state index contributed by atoms with van der Waals surface area (Å²) in [6.45, 7) is 0.693. The fourth-order valence-corrected chi connectivity index (χ4v) is 4.34. The number of unbranched alkanes of at least 4 members (excludes halogenated alkanes) is 1. The normalized spacial score (nSPS) is 13.8. The van der Waals surface area contributed by atoms with Crippen molar-refractivity contribution >= 4 is 19.2 Å². The van der Waals surface area contributed by atoms with E-state index in [1.54, 1.807) is 0 Å². The van der Waals surface area contributed by atoms with E-state index in [0.717, 1.165) is 29.5 Å². The van der Waals surface area contributed by atoms with Crippen molar-refractivity contribution < 1.29 is 50.3 Å². The van der Waals surface area contributed by atoms with Crippen LogP contribution < -0.4 is 15.2 Å². The molecule has 0 unspecified atom stereocenters. The molecule has 208 valence electrons. The number of hydrogen-bond acceptors (Lipinski definition) is 8. The van der Waals surface area contributed by atoms with Crippen molar-refractivity contribution in [1.82, 2.24) is 10.2 Å². The van der Waals surface area contributed by atoms with Crippen LogP contribution in [0.4, 0.5) is 22.0 Å². The molecule has 2 aromatic carbocycles. The number of ether oxygens (including phenoxy) is 2. The summed E-state index contributed by atoms with van der Waals surface area (Å²) in [6.07, 6.45) is -4.16. The molecular weight excluding hydrogens is 560 g/mol. The van der Waals surface area contributed by atoms with Gasteiger partial charge in [-0.1, -0.05) is 17.4 Å². The summed E-state index contributed by atoms with van der Waals surface area (Å²) in [4.78, 5) is 17.7. The van der Waals surface area contributed by atoms with Crippen LogP contribution >= 0.6 is 19.2 Å². The smallest absolute Gasteiger partial charge is 0.469 e. The van der Waals surface area contributed by atoms with Gasteiger partial charge in [-0.05, 0) is 50.1 Å². The van der Waals surface area contributed by atoms with E-state index < -0.39 is 49.1 Å². The average Bonchev–Trinajstić information content (AvgIpc) is 3.33. The minimum absolute atomic E-state index is 0.00738. The molecule has 0 radical (unpaired) electrons. The van der Waals surface area contributed by atoms with Gasteiger partial charge in [0, 0.05) is 5.56 Å². The van der Waals surface area contributed by atoms with E-state index in [1.165, 1.54) is 25.1 Å². The van der Waals surface area contributed by atoms with Crippen LogP contribution in [0.5, 0.6) is 11.5 Å². The van der Waals surface area contributed by atoms with Gasteiger partial charge in [-0.15, -0.1) is 10.2 Å². The van der Waals surface area contributed by atoms with E-state index >= 15 is 0 Å². The minimum atomic E-state index is -4.80. The quantitative estimate of drug-likeness (QED) is 0.152. The molecule has 4 N–H and O–H groups in total. The highest BCUT2D eigenvalue weighted by Crippen LogP contribution is 2.41. The Balaban J connectivity index is 1.63. The van der Waals surface area contributed by atoms with Crippen molar-refractivity contribution in [2.24, 2.45) is 5.73 Å². The summed E-state index contributed by atoms with van der Waals surface area (Å²) in [5.74, 6) is -2.84. The number of rotatable bonds is 12. The first kappa shape index (κ1) is 29.9. The molecular formula is C22H23F5N3O6PS. The third-order valence-electron chi connectivity index (χ3n) is 4.95. The van der Waals surface area contributed by atoms with Gasteiger partial charge in [-0.2, -0.15) is 17.6 Å². The van der Waals surface area contributed by atoms with Gasteiger partial charge in [0.1, 0.15) is 15.8 Å². The Morgan fingerprint density at radius 3 is 2.32 bits per heavy atom. The van der Waals surface area contributed by atoms with Gasteiger partial charge in [0.25, 0.3) is 0 Å². The minimum Gasteiger partial charge on any atom is -0.493 e. The Morgan fingerprint density at radius 2 is 1.68 bits per heavy atom. The number of phosphoric ester groups is 1. The molecule has 0 fully saturated rings. The molecule has 3 rings (SSSR count). The lowest BCUT2D eigenvalue weighted by Crippen LogP contribution is -2.37. The number of nitrogens with zero attached hydrogens (tertiary/aromatic N) is 2. The van der Waals surface area contributed by atoms with E-state index in [0.29, 0.717) is 6.42 Å². The average molecular weight is 583 g/mol. The van der Waals surface area contributed by atoms with Crippen LogP contribution in [-0.2, 0) is 20.8 Å². The van der Waals surface area contributed by atoms with E-state index in [4.69, 9.17) is 25.0 Å². The van der Waals surface area contributed by atoms with E-state index in [-0.39, 0.29) is 41.0 Å². The summed E-state index contributed by atoms with van der Waals surface area (Å²) >= 11 is 0.843. The molecule has 0 aliphatic carbocycles. The fraction of sp³-hybridized carbons (Fsp3) is 0.364. The van der Waals surface area contributed by atoms with Crippen LogP contribution in [0.25, 0.3) is 10.6 Å². The molecule has 9 nitrogen and oxygen atoms in total. The number of phosphoric acid groups is 1. The van der Waals surface area contributed by atoms with Crippen LogP contribution in [0.15, 0.2) is 36.4 Å². The first-order valence-electron chi connectivity index (χ1n) is 10.9. The second-order valence-electron chi connectivity index (χ2n) is 8.26. The zero-order valence-corrected chi connectivity index (χ0v) is 21.5. The van der Waals surface area contributed by atoms with Crippen molar-refractivity contribution in [3.8, 4) is 22.1 Å². The van der Waals surface area contributed by atoms with Crippen LogP contribution in [-0.4, -0.2) is 39.8 Å². The van der Waals surface area contributed by atoms with Crippen molar-refractivity contribution in [2.75, 3.05) is 19.8 Å². The van der Waals surface area contributed by atoms with Gasteiger partial charge >= 0.3 is 14.0 Å². The molecule has 0 bridgehead atoms. The summed E-state index contributed by atoms with van der Waals surface area (Å²) in [5, 5.41) is 7.86. The van der Waals surface area contributed by atoms with Crippen LogP contribution in [0, 0.1) is 11.6 Å². The first-order valence-corrected chi connectivity index (χ1v) is 13.3. The van der Waals surface area contributed by atoms with E-state index in [9.17, 15) is 26.5 Å². The summed E-state index contributed by atoms with van der Waals surface area (Å²) in [5.41, 5.74) is 3.55. The second-order valence-corrected chi connectivity index (χ2v) is 10.5. The maximum atomic E-state index is 13.7. The molecule has 0 amide bonds. The number of alkyl halides is 3. The van der Waals surface area contributed by atoms with Crippen molar-refractivity contribution in [3.05, 3.63) is 58.6 Å². The largest absolute Gasteiger partial charge is 0.493 e. The van der Waals surface area contributed by atoms with Crippen LogP contribution in [0.1, 0.15) is 30.3 Å². The molecule has 3 aromatic rings. The lowest BCUT2D eigenvalue weighted by atomic mass is 10.1. The highest BCUT2D eigenvalue weighted by Gasteiger charge is 2.35. The number of nitrogens with two attached hydrogens (primary N) is 1. The standard InChI is InChI=1S/C22H23F5N3O6PS/c1-21(28,12-36-37(31,32)33)20-30-29-19(38-20)13-7-8-16(14(11-13)22(25,26)27)34-9-2-3-10-35-17-6-4-5-15(23)18(17)24/h4-8,11H,2-3,9-10,12,28H2,1H3,(H2,31,32,33)/t21-/m0/s1. The molecule has 0 saturated heterocycles. The predicted molar refractivity (Wildman–Crippen MR) is 126 cm³/mol. The molecule has 38 heavy (non-hydrogen) atoms.